The lowest BCUT2D eigenvalue weighted by Gasteiger charge is -2.28. The van der Waals surface area contributed by atoms with Crippen molar-refractivity contribution in [2.45, 2.75) is 114 Å². The Labute approximate surface area is 270 Å². The first kappa shape index (κ1) is 32.3. The molecule has 4 N–H and O–H groups in total. The van der Waals surface area contributed by atoms with Gasteiger partial charge >= 0.3 is 0 Å². The molecular formula is C33H46N6O6S. The number of aromatic nitrogens is 2. The van der Waals surface area contributed by atoms with E-state index < -0.39 is 44.3 Å². The third kappa shape index (κ3) is 5.86. The Morgan fingerprint density at radius 3 is 2.67 bits per heavy atom. The fraction of sp³-hybridized carbons (Fsp3) is 0.636. The van der Waals surface area contributed by atoms with Gasteiger partial charge in [0.1, 0.15) is 23.2 Å². The van der Waals surface area contributed by atoms with Gasteiger partial charge in [0, 0.05) is 24.3 Å². The molecule has 3 amide bonds. The summed E-state index contributed by atoms with van der Waals surface area (Å²) in [6.45, 7) is 7.71. The van der Waals surface area contributed by atoms with Crippen LogP contribution >= 0.6 is 0 Å². The van der Waals surface area contributed by atoms with E-state index in [1.54, 1.807) is 17.9 Å². The van der Waals surface area contributed by atoms with E-state index in [0.717, 1.165) is 31.2 Å². The highest BCUT2D eigenvalue weighted by Crippen LogP contribution is 2.47. The van der Waals surface area contributed by atoms with Gasteiger partial charge in [-0.2, -0.15) is 4.98 Å². The first-order valence-electron chi connectivity index (χ1n) is 16.6. The van der Waals surface area contributed by atoms with Crippen LogP contribution < -0.4 is 20.5 Å². The van der Waals surface area contributed by atoms with Gasteiger partial charge in [-0.15, -0.1) is 0 Å². The number of allylic oxidation sites excluding steroid dienone is 1. The molecule has 3 fully saturated rings. The number of benzene rings is 1. The van der Waals surface area contributed by atoms with Crippen molar-refractivity contribution in [2.24, 2.45) is 11.8 Å². The number of para-hydroxylation sites is 1. The molecule has 1 saturated heterocycles. The largest absolute Gasteiger partial charge is 0.459 e. The minimum atomic E-state index is -3.91. The summed E-state index contributed by atoms with van der Waals surface area (Å²) in [5.74, 6) is -2.02. The Morgan fingerprint density at radius 2 is 1.96 bits per heavy atom. The van der Waals surface area contributed by atoms with E-state index >= 15 is 0 Å². The van der Waals surface area contributed by atoms with Crippen molar-refractivity contribution in [1.82, 2.24) is 24.5 Å². The summed E-state index contributed by atoms with van der Waals surface area (Å²) < 4.78 is 35.7. The van der Waals surface area contributed by atoms with Gasteiger partial charge in [-0.05, 0) is 71.4 Å². The van der Waals surface area contributed by atoms with Crippen LogP contribution in [-0.4, -0.2) is 69.6 Å². The molecule has 1 aromatic heterocycles. The van der Waals surface area contributed by atoms with Crippen LogP contribution in [0.5, 0.6) is 6.01 Å². The molecule has 0 radical (unpaired) electrons. The molecule has 6 rings (SSSR count). The Morgan fingerprint density at radius 1 is 1.20 bits per heavy atom. The summed E-state index contributed by atoms with van der Waals surface area (Å²) in [6, 6.07) is 5.03. The molecule has 250 valence electrons. The maximum atomic E-state index is 14.1. The lowest BCUT2D eigenvalue weighted by atomic mass is 10.0. The van der Waals surface area contributed by atoms with Crippen molar-refractivity contribution in [1.29, 1.82) is 0 Å². The molecular weight excluding hydrogens is 608 g/mol. The van der Waals surface area contributed by atoms with E-state index in [1.165, 1.54) is 0 Å². The number of imidazole rings is 1. The fourth-order valence-corrected chi connectivity index (χ4v) is 8.16. The Hall–Kier alpha value is -3.61. The maximum Gasteiger partial charge on any atom is 0.298 e. The number of nitrogen functional groups attached to an aromatic ring is 1. The van der Waals surface area contributed by atoms with Gasteiger partial charge in [-0.25, -0.2) is 8.42 Å². The Balaban J connectivity index is 1.29. The predicted octanol–water partition coefficient (Wildman–Crippen LogP) is 3.58. The van der Waals surface area contributed by atoms with Crippen molar-refractivity contribution >= 4 is 44.5 Å². The smallest absolute Gasteiger partial charge is 0.298 e. The number of nitrogens with zero attached hydrogens (tertiary/aromatic N) is 3. The van der Waals surface area contributed by atoms with Gasteiger partial charge < -0.3 is 20.7 Å². The van der Waals surface area contributed by atoms with E-state index in [4.69, 9.17) is 15.5 Å². The van der Waals surface area contributed by atoms with Crippen molar-refractivity contribution in [2.75, 3.05) is 12.3 Å². The number of hydrogen-bond acceptors (Lipinski definition) is 8. The number of amides is 3. The first-order valence-corrected chi connectivity index (χ1v) is 18.0. The molecule has 2 aromatic rings. The number of anilines is 1. The molecule has 12 nitrogen and oxygen atoms in total. The Kier molecular flexibility index (Phi) is 8.35. The van der Waals surface area contributed by atoms with E-state index in [9.17, 15) is 22.8 Å². The van der Waals surface area contributed by atoms with Crippen LogP contribution in [0.15, 0.2) is 30.4 Å². The SMILES string of the molecule is CC(C)n1c(O[C@@H]2C[C@H]3C(=O)N[C@]4(C(=O)NS(=O)(=O)C5(C)CC5)C[C@H]4/C=C\CCCCC[C@H](C)C(=O)N3C2)nc2c(N)cccc21. The van der Waals surface area contributed by atoms with Gasteiger partial charge in [-0.3, -0.25) is 23.7 Å². The van der Waals surface area contributed by atoms with Gasteiger partial charge in [0.15, 0.2) is 0 Å². The normalized spacial score (nSPS) is 30.5. The lowest BCUT2D eigenvalue weighted by Crippen LogP contribution is -2.57. The van der Waals surface area contributed by atoms with Crippen LogP contribution in [0.25, 0.3) is 11.0 Å². The highest BCUT2D eigenvalue weighted by Gasteiger charge is 2.63. The summed E-state index contributed by atoms with van der Waals surface area (Å²) in [5.41, 5.74) is 6.79. The number of ether oxygens (including phenoxy) is 1. The summed E-state index contributed by atoms with van der Waals surface area (Å²) in [4.78, 5) is 47.9. The van der Waals surface area contributed by atoms with Crippen molar-refractivity contribution < 1.29 is 27.5 Å². The predicted molar refractivity (Wildman–Crippen MR) is 174 cm³/mol. The number of rotatable bonds is 6. The monoisotopic (exact) mass is 654 g/mol. The molecule has 46 heavy (non-hydrogen) atoms. The number of nitrogens with one attached hydrogen (secondary N) is 2. The molecule has 0 spiro atoms. The summed E-state index contributed by atoms with van der Waals surface area (Å²) in [7, 11) is -3.91. The van der Waals surface area contributed by atoms with Gasteiger partial charge in [0.05, 0.1) is 22.5 Å². The number of sulfonamides is 1. The van der Waals surface area contributed by atoms with Crippen LogP contribution in [0.4, 0.5) is 5.69 Å². The van der Waals surface area contributed by atoms with Crippen LogP contribution in [0.1, 0.15) is 91.5 Å². The van der Waals surface area contributed by atoms with Gasteiger partial charge in [0.2, 0.25) is 21.8 Å². The minimum absolute atomic E-state index is 0.00557. The minimum Gasteiger partial charge on any atom is -0.459 e. The molecule has 5 atom stereocenters. The third-order valence-electron chi connectivity index (χ3n) is 10.2. The standard InChI is InChI=1S/C33H46N6O6S/c1-20(2)39-25-14-10-13-24(34)27(25)35-31(39)45-23-17-26-28(40)36-33(30(42)37-46(43,44)32(4)15-16-32)18-22(33)12-9-7-5-6-8-11-21(3)29(41)38(26)19-23/h9-10,12-14,20-23,26H,5-8,11,15-19,34H2,1-4H3,(H,36,40)(H,37,42)/b12-9-/t21-,22+,23+,26-,33+/m0/s1. The van der Waals surface area contributed by atoms with Crippen molar-refractivity contribution in [3.05, 3.63) is 30.4 Å². The second-order valence-corrected chi connectivity index (χ2v) is 16.4. The van der Waals surface area contributed by atoms with Gasteiger partial charge in [0.25, 0.3) is 11.9 Å². The van der Waals surface area contributed by atoms with E-state index in [-0.39, 0.29) is 43.2 Å². The summed E-state index contributed by atoms with van der Waals surface area (Å²) in [6.07, 6.45) is 9.10. The molecule has 2 aliphatic heterocycles. The highest BCUT2D eigenvalue weighted by atomic mass is 32.2. The number of hydrogen-bond donors (Lipinski definition) is 3. The second kappa shape index (κ2) is 11.9. The molecule has 2 saturated carbocycles. The highest BCUT2D eigenvalue weighted by molar-refractivity contribution is 7.91. The average molecular weight is 655 g/mol. The third-order valence-corrected chi connectivity index (χ3v) is 12.4. The zero-order valence-corrected chi connectivity index (χ0v) is 27.9. The number of nitrogens with two attached hydrogens (primary N) is 1. The number of carbonyl (C=O) groups is 3. The molecule has 3 heterocycles. The van der Waals surface area contributed by atoms with E-state index in [1.807, 2.05) is 49.6 Å². The molecule has 0 unspecified atom stereocenters. The van der Waals surface area contributed by atoms with Crippen molar-refractivity contribution in [3.63, 3.8) is 0 Å². The summed E-state index contributed by atoms with van der Waals surface area (Å²) in [5, 5.41) is 2.93. The zero-order chi connectivity index (χ0) is 33.0. The number of fused-ring (bicyclic) bond motifs is 3. The number of carbonyl (C=O) groups excluding carboxylic acids is 3. The molecule has 0 bridgehead atoms. The van der Waals surface area contributed by atoms with Crippen LogP contribution in [0.2, 0.25) is 0 Å². The van der Waals surface area contributed by atoms with Gasteiger partial charge in [-0.1, -0.05) is 38.0 Å². The summed E-state index contributed by atoms with van der Waals surface area (Å²) >= 11 is 0. The van der Waals surface area contributed by atoms with Crippen molar-refractivity contribution in [3.8, 4) is 6.01 Å². The van der Waals surface area contributed by atoms with Crippen LogP contribution in [0.3, 0.4) is 0 Å². The van der Waals surface area contributed by atoms with E-state index in [0.29, 0.717) is 36.5 Å². The quantitative estimate of drug-likeness (QED) is 0.314. The zero-order valence-electron chi connectivity index (χ0n) is 27.1. The topological polar surface area (TPSA) is 166 Å². The van der Waals surface area contributed by atoms with Crippen LogP contribution in [-0.2, 0) is 24.4 Å². The molecule has 2 aliphatic carbocycles. The molecule has 13 heteroatoms. The Bertz CT molecular complexity index is 1680. The first-order chi connectivity index (χ1) is 21.8. The lowest BCUT2D eigenvalue weighted by molar-refractivity contribution is -0.142. The average Bonchev–Trinajstić information content (AvgIpc) is 3.81. The van der Waals surface area contributed by atoms with E-state index in [2.05, 4.69) is 10.0 Å². The fourth-order valence-electron chi connectivity index (χ4n) is 6.85. The molecule has 4 aliphatic rings. The maximum absolute atomic E-state index is 14.1. The molecule has 1 aromatic carbocycles. The van der Waals surface area contributed by atoms with Crippen LogP contribution in [0, 0.1) is 11.8 Å². The second-order valence-electron chi connectivity index (χ2n) is 14.2.